The minimum absolute atomic E-state index is 0.252. The highest BCUT2D eigenvalue weighted by Gasteiger charge is 2.23. The van der Waals surface area contributed by atoms with Crippen LogP contribution in [0.1, 0.15) is 12.5 Å². The zero-order valence-electron chi connectivity index (χ0n) is 15.3. The molecule has 28 heavy (non-hydrogen) atoms. The first-order chi connectivity index (χ1) is 13.6. The third kappa shape index (κ3) is 3.10. The number of rotatable bonds is 3. The second-order valence-electron chi connectivity index (χ2n) is 6.86. The smallest absolute Gasteiger partial charge is 0.186 e. The Bertz CT molecular complexity index is 1160. The molecule has 0 atom stereocenters. The van der Waals surface area contributed by atoms with Gasteiger partial charge >= 0.3 is 0 Å². The Labute approximate surface area is 169 Å². The number of benzene rings is 2. The van der Waals surface area contributed by atoms with Crippen LogP contribution in [0.2, 0.25) is 0 Å². The molecule has 1 aliphatic heterocycles. The maximum Gasteiger partial charge on any atom is 0.186 e. The molecule has 0 unspecified atom stereocenters. The van der Waals surface area contributed by atoms with Crippen molar-refractivity contribution in [3.8, 4) is 0 Å². The van der Waals surface area contributed by atoms with Crippen LogP contribution in [0.5, 0.6) is 0 Å². The summed E-state index contributed by atoms with van der Waals surface area (Å²) in [6.45, 7) is 5.37. The van der Waals surface area contributed by atoms with Gasteiger partial charge in [0.1, 0.15) is 11.3 Å². The van der Waals surface area contributed by atoms with E-state index in [1.165, 1.54) is 27.7 Å². The molecule has 0 saturated carbocycles. The molecule has 5 rings (SSSR count). The normalized spacial score (nSPS) is 15.1. The molecule has 8 heteroatoms. The Morgan fingerprint density at radius 1 is 0.893 bits per heavy atom. The number of anilines is 2. The van der Waals surface area contributed by atoms with Crippen molar-refractivity contribution in [1.82, 2.24) is 9.97 Å². The predicted octanol–water partition coefficient (Wildman–Crippen LogP) is 5.07. The molecule has 3 heterocycles. The van der Waals surface area contributed by atoms with Crippen LogP contribution in [0.25, 0.3) is 20.4 Å². The Balaban J connectivity index is 1.34. The van der Waals surface area contributed by atoms with E-state index in [1.807, 2.05) is 0 Å². The van der Waals surface area contributed by atoms with Gasteiger partial charge in [0, 0.05) is 32.2 Å². The SMILES string of the molecule is CCc1ccc2nc(N3CCN(c4nc5c(F)cc(F)cc5s4)CC3)sc2c1. The lowest BCUT2D eigenvalue weighted by Crippen LogP contribution is -2.46. The number of hydrogen-bond acceptors (Lipinski definition) is 6. The maximum atomic E-state index is 13.9. The summed E-state index contributed by atoms with van der Waals surface area (Å²) in [7, 11) is 0. The zero-order valence-corrected chi connectivity index (χ0v) is 16.9. The van der Waals surface area contributed by atoms with Crippen LogP contribution in [-0.2, 0) is 6.42 Å². The molecule has 0 amide bonds. The van der Waals surface area contributed by atoms with E-state index in [4.69, 9.17) is 4.98 Å². The Morgan fingerprint density at radius 2 is 1.57 bits per heavy atom. The van der Waals surface area contributed by atoms with Gasteiger partial charge in [-0.2, -0.15) is 0 Å². The van der Waals surface area contributed by atoms with Crippen molar-refractivity contribution in [3.05, 3.63) is 47.5 Å². The topological polar surface area (TPSA) is 32.3 Å². The number of hydrogen-bond donors (Lipinski definition) is 0. The number of nitrogens with zero attached hydrogens (tertiary/aromatic N) is 4. The molecule has 0 radical (unpaired) electrons. The van der Waals surface area contributed by atoms with Gasteiger partial charge in [-0.3, -0.25) is 0 Å². The van der Waals surface area contributed by atoms with Crippen molar-refractivity contribution in [2.24, 2.45) is 0 Å². The maximum absolute atomic E-state index is 13.9. The zero-order chi connectivity index (χ0) is 19.3. The lowest BCUT2D eigenvalue weighted by Gasteiger charge is -2.34. The quantitative estimate of drug-likeness (QED) is 0.467. The van der Waals surface area contributed by atoms with Crippen molar-refractivity contribution >= 4 is 53.4 Å². The first-order valence-electron chi connectivity index (χ1n) is 9.25. The molecule has 2 aromatic heterocycles. The predicted molar refractivity (Wildman–Crippen MR) is 113 cm³/mol. The molecular formula is C20H18F2N4S2. The number of fused-ring (bicyclic) bond motifs is 2. The van der Waals surface area contributed by atoms with Crippen LogP contribution in [-0.4, -0.2) is 36.1 Å². The van der Waals surface area contributed by atoms with Gasteiger partial charge < -0.3 is 9.80 Å². The number of piperazine rings is 1. The standard InChI is InChI=1S/C20H18F2N4S2/c1-2-12-3-4-15-16(9-12)27-19(23-15)25-5-7-26(8-6-25)20-24-18-14(22)10-13(21)11-17(18)28-20/h3-4,9-11H,2,5-8H2,1H3. The van der Waals surface area contributed by atoms with E-state index in [2.05, 4.69) is 39.9 Å². The van der Waals surface area contributed by atoms with E-state index < -0.39 is 11.6 Å². The summed E-state index contributed by atoms with van der Waals surface area (Å²) >= 11 is 3.07. The lowest BCUT2D eigenvalue weighted by atomic mass is 10.2. The second kappa shape index (κ2) is 6.93. The molecule has 1 saturated heterocycles. The molecule has 4 nitrogen and oxygen atoms in total. The third-order valence-corrected chi connectivity index (χ3v) is 7.21. The van der Waals surface area contributed by atoms with Crippen LogP contribution in [0.4, 0.5) is 19.0 Å². The van der Waals surface area contributed by atoms with Crippen LogP contribution in [0.3, 0.4) is 0 Å². The first-order valence-corrected chi connectivity index (χ1v) is 10.9. The summed E-state index contributed by atoms with van der Waals surface area (Å²) in [6.07, 6.45) is 1.02. The number of aryl methyl sites for hydroxylation is 1. The molecule has 0 spiro atoms. The molecule has 4 aromatic rings. The molecule has 2 aromatic carbocycles. The van der Waals surface area contributed by atoms with Crippen LogP contribution >= 0.6 is 22.7 Å². The van der Waals surface area contributed by atoms with E-state index in [9.17, 15) is 8.78 Å². The molecule has 1 aliphatic rings. The van der Waals surface area contributed by atoms with E-state index in [0.29, 0.717) is 4.70 Å². The second-order valence-corrected chi connectivity index (χ2v) is 8.88. The summed E-state index contributed by atoms with van der Waals surface area (Å²) in [5, 5.41) is 1.79. The average molecular weight is 417 g/mol. The van der Waals surface area contributed by atoms with Gasteiger partial charge in [0.2, 0.25) is 0 Å². The fourth-order valence-electron chi connectivity index (χ4n) is 3.48. The van der Waals surface area contributed by atoms with E-state index >= 15 is 0 Å². The van der Waals surface area contributed by atoms with Gasteiger partial charge in [-0.05, 0) is 30.2 Å². The van der Waals surface area contributed by atoms with Crippen LogP contribution < -0.4 is 9.80 Å². The van der Waals surface area contributed by atoms with E-state index in [0.717, 1.165) is 54.4 Å². The largest absolute Gasteiger partial charge is 0.345 e. The average Bonchev–Trinajstić information content (AvgIpc) is 3.31. The van der Waals surface area contributed by atoms with Crippen LogP contribution in [0, 0.1) is 11.6 Å². The number of thiazole rings is 2. The van der Waals surface area contributed by atoms with Gasteiger partial charge in [0.25, 0.3) is 0 Å². The van der Waals surface area contributed by atoms with Crippen molar-refractivity contribution < 1.29 is 8.78 Å². The van der Waals surface area contributed by atoms with Crippen molar-refractivity contribution in [3.63, 3.8) is 0 Å². The first kappa shape index (κ1) is 17.8. The summed E-state index contributed by atoms with van der Waals surface area (Å²) < 4.78 is 29.1. The number of aromatic nitrogens is 2. The van der Waals surface area contributed by atoms with Crippen molar-refractivity contribution in [1.29, 1.82) is 0 Å². The fourth-order valence-corrected chi connectivity index (χ4v) is 5.62. The summed E-state index contributed by atoms with van der Waals surface area (Å²) in [6, 6.07) is 8.70. The third-order valence-electron chi connectivity index (χ3n) is 5.07. The van der Waals surface area contributed by atoms with E-state index in [1.54, 1.807) is 11.3 Å². The van der Waals surface area contributed by atoms with Gasteiger partial charge in [-0.25, -0.2) is 18.7 Å². The van der Waals surface area contributed by atoms with Gasteiger partial charge in [0.15, 0.2) is 16.1 Å². The minimum Gasteiger partial charge on any atom is -0.345 e. The highest BCUT2D eigenvalue weighted by Crippen LogP contribution is 2.33. The van der Waals surface area contributed by atoms with E-state index in [-0.39, 0.29) is 5.52 Å². The van der Waals surface area contributed by atoms with Gasteiger partial charge in [0.05, 0.1) is 14.9 Å². The van der Waals surface area contributed by atoms with Crippen molar-refractivity contribution in [2.45, 2.75) is 13.3 Å². The minimum atomic E-state index is -0.600. The number of halogens is 2. The summed E-state index contributed by atoms with van der Waals surface area (Å²) in [4.78, 5) is 13.6. The molecule has 144 valence electrons. The van der Waals surface area contributed by atoms with Gasteiger partial charge in [-0.1, -0.05) is 35.7 Å². The summed E-state index contributed by atoms with van der Waals surface area (Å²) in [5.74, 6) is -1.16. The van der Waals surface area contributed by atoms with Gasteiger partial charge in [-0.15, -0.1) is 0 Å². The molecule has 0 bridgehead atoms. The lowest BCUT2D eigenvalue weighted by molar-refractivity contribution is 0.591. The molecule has 0 N–H and O–H groups in total. The Hall–Kier alpha value is -2.32. The molecule has 0 aliphatic carbocycles. The van der Waals surface area contributed by atoms with Crippen LogP contribution in [0.15, 0.2) is 30.3 Å². The highest BCUT2D eigenvalue weighted by molar-refractivity contribution is 7.22. The van der Waals surface area contributed by atoms with Crippen molar-refractivity contribution in [2.75, 3.05) is 36.0 Å². The highest BCUT2D eigenvalue weighted by atomic mass is 32.1. The fraction of sp³-hybridized carbons (Fsp3) is 0.300. The molecular weight excluding hydrogens is 398 g/mol. The molecule has 1 fully saturated rings. The summed E-state index contributed by atoms with van der Waals surface area (Å²) in [5.41, 5.74) is 2.62. The Morgan fingerprint density at radius 3 is 2.29 bits per heavy atom. The Kier molecular flexibility index (Phi) is 4.40. The monoisotopic (exact) mass is 416 g/mol.